The summed E-state index contributed by atoms with van der Waals surface area (Å²) in [4.78, 5) is 0. The maximum absolute atomic E-state index is 12.5. The van der Waals surface area contributed by atoms with Gasteiger partial charge >= 0.3 is 0 Å². The van der Waals surface area contributed by atoms with Crippen molar-refractivity contribution in [1.29, 1.82) is 0 Å². The lowest BCUT2D eigenvalue weighted by Gasteiger charge is -2.40. The second-order valence-corrected chi connectivity index (χ2v) is 8.26. The van der Waals surface area contributed by atoms with Crippen molar-refractivity contribution in [2.75, 3.05) is 18.8 Å². The monoisotopic (exact) mass is 290 g/mol. The molecule has 0 spiro atoms. The fourth-order valence-electron chi connectivity index (χ4n) is 2.17. The van der Waals surface area contributed by atoms with E-state index in [1.807, 2.05) is 20.8 Å². The summed E-state index contributed by atoms with van der Waals surface area (Å²) in [6.45, 7) is 6.41. The SMILES string of the molecule is CC1CN(S(=O)(=O)c2cc(N)cs2)CC(C)(C)O1. The summed E-state index contributed by atoms with van der Waals surface area (Å²) >= 11 is 1.16. The van der Waals surface area contributed by atoms with Crippen LogP contribution in [-0.2, 0) is 14.8 Å². The van der Waals surface area contributed by atoms with E-state index in [4.69, 9.17) is 10.5 Å². The average molecular weight is 290 g/mol. The van der Waals surface area contributed by atoms with Crippen LogP contribution in [-0.4, -0.2) is 37.5 Å². The van der Waals surface area contributed by atoms with Crippen LogP contribution in [0.1, 0.15) is 20.8 Å². The average Bonchev–Trinajstić information content (AvgIpc) is 2.62. The summed E-state index contributed by atoms with van der Waals surface area (Å²) in [6.07, 6.45) is -0.110. The zero-order valence-electron chi connectivity index (χ0n) is 10.7. The normalized spacial score (nSPS) is 25.2. The Balaban J connectivity index is 2.30. The van der Waals surface area contributed by atoms with Crippen LogP contribution < -0.4 is 5.73 Å². The number of sulfonamides is 1. The van der Waals surface area contributed by atoms with Crippen LogP contribution in [0.3, 0.4) is 0 Å². The first kappa shape index (κ1) is 13.8. The van der Waals surface area contributed by atoms with Crippen LogP contribution in [0.2, 0.25) is 0 Å². The van der Waals surface area contributed by atoms with Gasteiger partial charge in [-0.05, 0) is 26.8 Å². The molecule has 0 aliphatic carbocycles. The van der Waals surface area contributed by atoms with E-state index < -0.39 is 15.6 Å². The number of hydrogen-bond acceptors (Lipinski definition) is 5. The number of nitrogen functional groups attached to an aromatic ring is 1. The Kier molecular flexibility index (Phi) is 3.44. The Hall–Kier alpha value is -0.630. The zero-order valence-corrected chi connectivity index (χ0v) is 12.3. The first-order valence-electron chi connectivity index (χ1n) is 5.73. The van der Waals surface area contributed by atoms with Gasteiger partial charge in [0.15, 0.2) is 0 Å². The van der Waals surface area contributed by atoms with Gasteiger partial charge in [0.05, 0.1) is 11.7 Å². The van der Waals surface area contributed by atoms with Crippen LogP contribution in [0.5, 0.6) is 0 Å². The summed E-state index contributed by atoms with van der Waals surface area (Å²) in [6, 6.07) is 1.51. The second-order valence-electron chi connectivity index (χ2n) is 5.18. The number of nitrogens with zero attached hydrogens (tertiary/aromatic N) is 1. The van der Waals surface area contributed by atoms with E-state index >= 15 is 0 Å². The molecular formula is C11H18N2O3S2. The van der Waals surface area contributed by atoms with Gasteiger partial charge in [0.25, 0.3) is 10.0 Å². The number of rotatable bonds is 2. The minimum atomic E-state index is -3.45. The number of ether oxygens (including phenoxy) is 1. The van der Waals surface area contributed by atoms with Crippen molar-refractivity contribution in [3.8, 4) is 0 Å². The van der Waals surface area contributed by atoms with E-state index in [9.17, 15) is 8.42 Å². The highest BCUT2D eigenvalue weighted by atomic mass is 32.2. The lowest BCUT2D eigenvalue weighted by molar-refractivity contribution is -0.109. The van der Waals surface area contributed by atoms with Gasteiger partial charge in [-0.1, -0.05) is 0 Å². The molecule has 1 aromatic rings. The quantitative estimate of drug-likeness (QED) is 0.896. The first-order valence-corrected chi connectivity index (χ1v) is 8.05. The fraction of sp³-hybridized carbons (Fsp3) is 0.636. The summed E-state index contributed by atoms with van der Waals surface area (Å²) in [5.74, 6) is 0. The molecule has 0 aromatic carbocycles. The third-order valence-electron chi connectivity index (χ3n) is 2.73. The Morgan fingerprint density at radius 1 is 1.56 bits per heavy atom. The molecule has 0 bridgehead atoms. The molecule has 2 N–H and O–H groups in total. The van der Waals surface area contributed by atoms with Gasteiger partial charge in [-0.15, -0.1) is 11.3 Å². The molecule has 1 aliphatic rings. The lowest BCUT2D eigenvalue weighted by atomic mass is 10.1. The van der Waals surface area contributed by atoms with E-state index in [-0.39, 0.29) is 6.10 Å². The summed E-state index contributed by atoms with van der Waals surface area (Å²) in [5, 5.41) is 1.64. The van der Waals surface area contributed by atoms with E-state index in [0.717, 1.165) is 11.3 Å². The van der Waals surface area contributed by atoms with Gasteiger partial charge in [0, 0.05) is 24.2 Å². The molecule has 1 saturated heterocycles. The molecule has 2 rings (SSSR count). The van der Waals surface area contributed by atoms with Crippen molar-refractivity contribution in [1.82, 2.24) is 4.31 Å². The number of hydrogen-bond donors (Lipinski definition) is 1. The molecule has 1 aliphatic heterocycles. The highest BCUT2D eigenvalue weighted by molar-refractivity contribution is 7.91. The van der Waals surface area contributed by atoms with E-state index in [2.05, 4.69) is 0 Å². The van der Waals surface area contributed by atoms with E-state index in [0.29, 0.717) is 23.0 Å². The van der Waals surface area contributed by atoms with Gasteiger partial charge in [-0.3, -0.25) is 0 Å². The molecule has 1 unspecified atom stereocenters. The number of morpholine rings is 1. The van der Waals surface area contributed by atoms with E-state index in [1.54, 1.807) is 5.38 Å². The van der Waals surface area contributed by atoms with Crippen LogP contribution >= 0.6 is 11.3 Å². The van der Waals surface area contributed by atoms with Crippen molar-refractivity contribution in [2.24, 2.45) is 0 Å². The molecule has 7 heteroatoms. The zero-order chi connectivity index (χ0) is 13.6. The molecule has 5 nitrogen and oxygen atoms in total. The predicted octanol–water partition coefficient (Wildman–Crippen LogP) is 1.52. The standard InChI is InChI=1S/C11H18N2O3S2/c1-8-5-13(7-11(2,3)16-8)18(14,15)10-4-9(12)6-17-10/h4,6,8H,5,7,12H2,1-3H3. The second kappa shape index (κ2) is 4.48. The van der Waals surface area contributed by atoms with E-state index in [1.165, 1.54) is 10.4 Å². The van der Waals surface area contributed by atoms with Crippen molar-refractivity contribution < 1.29 is 13.2 Å². The Morgan fingerprint density at radius 2 is 2.22 bits per heavy atom. The maximum Gasteiger partial charge on any atom is 0.252 e. The van der Waals surface area contributed by atoms with Crippen LogP contribution in [0, 0.1) is 0 Å². The lowest BCUT2D eigenvalue weighted by Crippen LogP contribution is -2.53. The molecule has 0 radical (unpaired) electrons. The van der Waals surface area contributed by atoms with Gasteiger partial charge in [0.1, 0.15) is 4.21 Å². The number of nitrogens with two attached hydrogens (primary N) is 1. The third kappa shape index (κ3) is 2.69. The van der Waals surface area contributed by atoms with Crippen molar-refractivity contribution >= 4 is 27.0 Å². The minimum Gasteiger partial charge on any atom is -0.398 e. The number of anilines is 1. The largest absolute Gasteiger partial charge is 0.398 e. The van der Waals surface area contributed by atoms with Gasteiger partial charge in [-0.2, -0.15) is 4.31 Å². The summed E-state index contributed by atoms with van der Waals surface area (Å²) < 4.78 is 32.4. The van der Waals surface area contributed by atoms with Crippen molar-refractivity contribution in [3.05, 3.63) is 11.4 Å². The third-order valence-corrected chi connectivity index (χ3v) is 5.97. The molecule has 102 valence electrons. The predicted molar refractivity (Wildman–Crippen MR) is 72.1 cm³/mol. The first-order chi connectivity index (χ1) is 8.21. The van der Waals surface area contributed by atoms with Gasteiger partial charge < -0.3 is 10.5 Å². The molecule has 2 heterocycles. The summed E-state index contributed by atoms with van der Waals surface area (Å²) in [7, 11) is -3.45. The molecular weight excluding hydrogens is 272 g/mol. The Bertz CT molecular complexity index is 536. The molecule has 18 heavy (non-hydrogen) atoms. The Morgan fingerprint density at radius 3 is 2.72 bits per heavy atom. The Labute approximate surface area is 112 Å². The molecule has 0 saturated carbocycles. The van der Waals surface area contributed by atoms with Gasteiger partial charge in [-0.25, -0.2) is 8.42 Å². The maximum atomic E-state index is 12.5. The van der Waals surface area contributed by atoms with Crippen LogP contribution in [0.15, 0.2) is 15.7 Å². The van der Waals surface area contributed by atoms with Gasteiger partial charge in [0.2, 0.25) is 0 Å². The minimum absolute atomic E-state index is 0.110. The smallest absolute Gasteiger partial charge is 0.252 e. The highest BCUT2D eigenvalue weighted by Gasteiger charge is 2.38. The van der Waals surface area contributed by atoms with Crippen molar-refractivity contribution in [2.45, 2.75) is 36.7 Å². The molecule has 1 fully saturated rings. The van der Waals surface area contributed by atoms with Crippen LogP contribution in [0.25, 0.3) is 0 Å². The molecule has 0 amide bonds. The highest BCUT2D eigenvalue weighted by Crippen LogP contribution is 2.29. The molecule has 1 aromatic heterocycles. The number of thiophene rings is 1. The molecule has 1 atom stereocenters. The van der Waals surface area contributed by atoms with Crippen molar-refractivity contribution in [3.63, 3.8) is 0 Å². The van der Waals surface area contributed by atoms with Crippen LogP contribution in [0.4, 0.5) is 5.69 Å². The summed E-state index contributed by atoms with van der Waals surface area (Å²) in [5.41, 5.74) is 5.61. The topological polar surface area (TPSA) is 72.6 Å². The fourth-order valence-corrected chi connectivity index (χ4v) is 5.07.